The van der Waals surface area contributed by atoms with E-state index in [0.717, 1.165) is 0 Å². The maximum Gasteiger partial charge on any atom is 0.303 e. The van der Waals surface area contributed by atoms with E-state index in [9.17, 15) is 9.90 Å². The average molecular weight is 300 g/mol. The summed E-state index contributed by atoms with van der Waals surface area (Å²) in [6, 6.07) is 13.8. The molecule has 3 rings (SSSR count). The van der Waals surface area contributed by atoms with Crippen LogP contribution in [0, 0.1) is 0 Å². The molecular formula is C17H16O5. The lowest BCUT2D eigenvalue weighted by molar-refractivity contribution is -0.173. The average Bonchev–Trinajstić information content (AvgIpc) is 2.80. The standard InChI is InChI=1S/C17H16O5/c1-20-12-8-9-13-14(10-12)22-17(19,15(13)18)16(21-2)11-6-4-3-5-7-11/h3-10,16,19H,1-2H3/t16-,17-/m0/s1. The van der Waals surface area contributed by atoms with Crippen molar-refractivity contribution in [2.45, 2.75) is 11.9 Å². The van der Waals surface area contributed by atoms with Gasteiger partial charge in [-0.15, -0.1) is 0 Å². The molecule has 2 atom stereocenters. The molecule has 1 aliphatic heterocycles. The van der Waals surface area contributed by atoms with Gasteiger partial charge < -0.3 is 19.3 Å². The molecule has 114 valence electrons. The third-order valence-electron chi connectivity index (χ3n) is 3.72. The highest BCUT2D eigenvalue weighted by atomic mass is 16.7. The molecule has 1 aliphatic rings. The van der Waals surface area contributed by atoms with Crippen molar-refractivity contribution in [1.82, 2.24) is 0 Å². The largest absolute Gasteiger partial charge is 0.497 e. The van der Waals surface area contributed by atoms with Gasteiger partial charge in [0.2, 0.25) is 5.78 Å². The molecule has 5 nitrogen and oxygen atoms in total. The van der Waals surface area contributed by atoms with Crippen LogP contribution in [0.25, 0.3) is 0 Å². The number of hydrogen-bond donors (Lipinski definition) is 1. The highest BCUT2D eigenvalue weighted by Gasteiger charge is 2.53. The van der Waals surface area contributed by atoms with E-state index in [2.05, 4.69) is 0 Å². The van der Waals surface area contributed by atoms with Crippen molar-refractivity contribution in [2.24, 2.45) is 0 Å². The number of hydrogen-bond acceptors (Lipinski definition) is 5. The van der Waals surface area contributed by atoms with Crippen LogP contribution in [0.15, 0.2) is 48.5 Å². The van der Waals surface area contributed by atoms with Crippen LogP contribution in [0.5, 0.6) is 11.5 Å². The van der Waals surface area contributed by atoms with E-state index in [0.29, 0.717) is 16.9 Å². The Kier molecular flexibility index (Phi) is 3.60. The lowest BCUT2D eigenvalue weighted by Crippen LogP contribution is -2.46. The molecule has 0 bridgehead atoms. The normalized spacial score (nSPS) is 21.1. The van der Waals surface area contributed by atoms with Crippen LogP contribution >= 0.6 is 0 Å². The molecule has 2 aromatic rings. The van der Waals surface area contributed by atoms with Gasteiger partial charge in [-0.25, -0.2) is 0 Å². The highest BCUT2D eigenvalue weighted by Crippen LogP contribution is 2.43. The van der Waals surface area contributed by atoms with Crippen molar-refractivity contribution in [3.05, 3.63) is 59.7 Å². The van der Waals surface area contributed by atoms with Crippen LogP contribution in [-0.4, -0.2) is 30.9 Å². The maximum absolute atomic E-state index is 12.6. The number of fused-ring (bicyclic) bond motifs is 1. The molecule has 0 radical (unpaired) electrons. The molecule has 0 fully saturated rings. The molecule has 0 aromatic heterocycles. The summed E-state index contributed by atoms with van der Waals surface area (Å²) in [6.07, 6.45) is -0.931. The van der Waals surface area contributed by atoms with Gasteiger partial charge in [0.25, 0.3) is 0 Å². The van der Waals surface area contributed by atoms with E-state index in [1.54, 1.807) is 42.5 Å². The number of methoxy groups -OCH3 is 2. The summed E-state index contributed by atoms with van der Waals surface area (Å²) in [7, 11) is 2.95. The van der Waals surface area contributed by atoms with E-state index in [4.69, 9.17) is 14.2 Å². The zero-order valence-electron chi connectivity index (χ0n) is 12.3. The molecule has 22 heavy (non-hydrogen) atoms. The second-order valence-corrected chi connectivity index (χ2v) is 5.02. The van der Waals surface area contributed by atoms with E-state index < -0.39 is 17.7 Å². The van der Waals surface area contributed by atoms with E-state index in [-0.39, 0.29) is 5.75 Å². The first-order chi connectivity index (χ1) is 10.6. The van der Waals surface area contributed by atoms with Crippen molar-refractivity contribution in [3.8, 4) is 11.5 Å². The van der Waals surface area contributed by atoms with E-state index >= 15 is 0 Å². The van der Waals surface area contributed by atoms with Gasteiger partial charge in [-0.2, -0.15) is 0 Å². The number of carbonyl (C=O) groups is 1. The fraction of sp³-hybridized carbons (Fsp3) is 0.235. The SMILES string of the molecule is COc1ccc2c(c1)O[C@](O)([C@@H](OC)c1ccccc1)C2=O. The molecule has 0 aliphatic carbocycles. The number of Topliss-reactive ketones (excluding diaryl/α,β-unsaturated/α-hetero) is 1. The fourth-order valence-electron chi connectivity index (χ4n) is 2.63. The van der Waals surface area contributed by atoms with E-state index in [1.165, 1.54) is 14.2 Å². The second-order valence-electron chi connectivity index (χ2n) is 5.02. The lowest BCUT2D eigenvalue weighted by Gasteiger charge is -2.29. The molecule has 0 unspecified atom stereocenters. The van der Waals surface area contributed by atoms with Crippen molar-refractivity contribution in [1.29, 1.82) is 0 Å². The quantitative estimate of drug-likeness (QED) is 0.939. The Bertz CT molecular complexity index is 697. The summed E-state index contributed by atoms with van der Waals surface area (Å²) in [5.41, 5.74) is 0.960. The second kappa shape index (κ2) is 5.44. The summed E-state index contributed by atoms with van der Waals surface area (Å²) in [6.45, 7) is 0. The van der Waals surface area contributed by atoms with Crippen molar-refractivity contribution in [3.63, 3.8) is 0 Å². The van der Waals surface area contributed by atoms with E-state index in [1.807, 2.05) is 6.07 Å². The Morgan fingerprint density at radius 3 is 2.50 bits per heavy atom. The molecular weight excluding hydrogens is 284 g/mol. The van der Waals surface area contributed by atoms with Crippen LogP contribution < -0.4 is 9.47 Å². The summed E-state index contributed by atoms with van der Waals surface area (Å²) in [4.78, 5) is 12.6. The Labute approximate surface area is 128 Å². The molecule has 1 N–H and O–H groups in total. The summed E-state index contributed by atoms with van der Waals surface area (Å²) in [5, 5.41) is 10.8. The first-order valence-corrected chi connectivity index (χ1v) is 6.82. The molecule has 5 heteroatoms. The minimum absolute atomic E-state index is 0.282. The maximum atomic E-state index is 12.6. The topological polar surface area (TPSA) is 65.0 Å². The summed E-state index contributed by atoms with van der Waals surface area (Å²) < 4.78 is 16.0. The first kappa shape index (κ1) is 14.6. The van der Waals surface area contributed by atoms with Gasteiger partial charge in [0.05, 0.1) is 12.7 Å². The van der Waals surface area contributed by atoms with Gasteiger partial charge in [0.1, 0.15) is 11.5 Å². The Hall–Kier alpha value is -2.37. The molecule has 0 saturated heterocycles. The summed E-state index contributed by atoms with van der Waals surface area (Å²) in [5.74, 6) is -1.79. The highest BCUT2D eigenvalue weighted by molar-refractivity contribution is 6.07. The Morgan fingerprint density at radius 2 is 1.86 bits per heavy atom. The number of aliphatic hydroxyl groups is 1. The first-order valence-electron chi connectivity index (χ1n) is 6.82. The lowest BCUT2D eigenvalue weighted by atomic mass is 9.95. The van der Waals surface area contributed by atoms with Gasteiger partial charge in [-0.1, -0.05) is 30.3 Å². The van der Waals surface area contributed by atoms with Crippen LogP contribution in [0.3, 0.4) is 0 Å². The third-order valence-corrected chi connectivity index (χ3v) is 3.72. The monoisotopic (exact) mass is 300 g/mol. The molecule has 0 saturated carbocycles. The van der Waals surface area contributed by atoms with Crippen LogP contribution in [0.1, 0.15) is 22.0 Å². The number of benzene rings is 2. The predicted octanol–water partition coefficient (Wildman–Crippen LogP) is 2.35. The van der Waals surface area contributed by atoms with Crippen molar-refractivity contribution >= 4 is 5.78 Å². The molecule has 0 amide bonds. The van der Waals surface area contributed by atoms with Crippen LogP contribution in [0.4, 0.5) is 0 Å². The zero-order chi connectivity index (χ0) is 15.7. The van der Waals surface area contributed by atoms with Crippen LogP contribution in [-0.2, 0) is 4.74 Å². The van der Waals surface area contributed by atoms with Gasteiger partial charge in [-0.3, -0.25) is 4.79 Å². The summed E-state index contributed by atoms with van der Waals surface area (Å²) >= 11 is 0. The molecule has 0 spiro atoms. The molecule has 1 heterocycles. The smallest absolute Gasteiger partial charge is 0.303 e. The minimum Gasteiger partial charge on any atom is -0.497 e. The van der Waals surface area contributed by atoms with Gasteiger partial charge in [-0.05, 0) is 17.7 Å². The fourth-order valence-corrected chi connectivity index (χ4v) is 2.63. The van der Waals surface area contributed by atoms with Gasteiger partial charge in [0.15, 0.2) is 6.10 Å². The van der Waals surface area contributed by atoms with Crippen molar-refractivity contribution < 1.29 is 24.1 Å². The van der Waals surface area contributed by atoms with Crippen molar-refractivity contribution in [2.75, 3.05) is 14.2 Å². The minimum atomic E-state index is -2.09. The van der Waals surface area contributed by atoms with Gasteiger partial charge >= 0.3 is 5.79 Å². The third kappa shape index (κ3) is 2.15. The molecule has 2 aromatic carbocycles. The Balaban J connectivity index is 2.02. The van der Waals surface area contributed by atoms with Gasteiger partial charge in [0, 0.05) is 13.2 Å². The zero-order valence-corrected chi connectivity index (χ0v) is 12.3. The number of rotatable bonds is 4. The predicted molar refractivity (Wildman–Crippen MR) is 79.1 cm³/mol. The number of ketones is 1. The number of carbonyl (C=O) groups excluding carboxylic acids is 1. The Morgan fingerprint density at radius 1 is 1.14 bits per heavy atom. The number of ether oxygens (including phenoxy) is 3. The van der Waals surface area contributed by atoms with Crippen LogP contribution in [0.2, 0.25) is 0 Å².